The lowest BCUT2D eigenvalue weighted by molar-refractivity contribution is 1.08. The van der Waals surface area contributed by atoms with Crippen molar-refractivity contribution in [3.05, 3.63) is 63.4 Å². The summed E-state index contributed by atoms with van der Waals surface area (Å²) in [5.41, 5.74) is -0.00379. The molecule has 2 heterocycles. The van der Waals surface area contributed by atoms with Crippen molar-refractivity contribution in [3.63, 3.8) is 0 Å². The summed E-state index contributed by atoms with van der Waals surface area (Å²) >= 11 is 0. The van der Waals surface area contributed by atoms with Crippen molar-refractivity contribution < 1.29 is 0 Å². The first-order valence-electron chi connectivity index (χ1n) is 6.31. The summed E-state index contributed by atoms with van der Waals surface area (Å²) in [5, 5.41) is 10.9. The molecular weight excluding hydrogens is 268 g/mol. The van der Waals surface area contributed by atoms with Gasteiger partial charge in [-0.3, -0.25) is 9.78 Å². The molecule has 1 N–H and O–H groups in total. The van der Waals surface area contributed by atoms with Crippen LogP contribution in [0.5, 0.6) is 0 Å². The number of hydrogen-bond donors (Lipinski definition) is 1. The Hall–Kier alpha value is -3.15. The minimum atomic E-state index is -0.640. The molecule has 0 aliphatic rings. The van der Waals surface area contributed by atoms with E-state index >= 15 is 0 Å². The Morgan fingerprint density at radius 3 is 2.71 bits per heavy atom. The summed E-state index contributed by atoms with van der Waals surface area (Å²) in [7, 11) is 0. The summed E-state index contributed by atoms with van der Waals surface area (Å²) in [5.74, 6) is 0. The van der Waals surface area contributed by atoms with Gasteiger partial charge in [0.1, 0.15) is 5.52 Å². The lowest BCUT2D eigenvalue weighted by Gasteiger charge is -2.03. The van der Waals surface area contributed by atoms with Crippen LogP contribution in [0.1, 0.15) is 0 Å². The van der Waals surface area contributed by atoms with Crippen molar-refractivity contribution in [3.8, 4) is 0 Å². The van der Waals surface area contributed by atoms with Crippen LogP contribution in [-0.2, 0) is 0 Å². The molecule has 0 aliphatic heterocycles. The summed E-state index contributed by atoms with van der Waals surface area (Å²) in [4.78, 5) is 29.4. The molecule has 4 rings (SSSR count). The summed E-state index contributed by atoms with van der Waals surface area (Å²) < 4.78 is 0. The fourth-order valence-electron chi connectivity index (χ4n) is 2.55. The Kier molecular flexibility index (Phi) is 2.32. The maximum atomic E-state index is 12.1. The molecule has 0 bridgehead atoms. The topological polar surface area (TPSA) is 88.6 Å². The average molecular weight is 276 g/mol. The zero-order chi connectivity index (χ0) is 14.4. The normalized spacial score (nSPS) is 11.2. The molecule has 0 radical (unpaired) electrons. The second kappa shape index (κ2) is 4.17. The second-order valence-electron chi connectivity index (χ2n) is 4.65. The van der Waals surface area contributed by atoms with Crippen LogP contribution in [0, 0.1) is 0 Å². The monoisotopic (exact) mass is 276 g/mol. The van der Waals surface area contributed by atoms with Gasteiger partial charge in [-0.15, -0.1) is 5.10 Å². The molecule has 0 unspecified atom stereocenters. The molecular formula is C15H8N4O2. The van der Waals surface area contributed by atoms with Gasteiger partial charge in [-0.05, 0) is 23.6 Å². The molecule has 0 spiro atoms. The number of rotatable bonds is 0. The maximum absolute atomic E-state index is 12.1. The van der Waals surface area contributed by atoms with Crippen LogP contribution in [0.4, 0.5) is 0 Å². The lowest BCUT2D eigenvalue weighted by Crippen LogP contribution is -2.21. The summed E-state index contributed by atoms with van der Waals surface area (Å²) in [6.07, 6.45) is 1.60. The van der Waals surface area contributed by atoms with E-state index in [0.29, 0.717) is 21.8 Å². The third-order valence-corrected chi connectivity index (χ3v) is 3.44. The van der Waals surface area contributed by atoms with Gasteiger partial charge in [-0.2, -0.15) is 10.1 Å². The Morgan fingerprint density at radius 2 is 1.81 bits per heavy atom. The van der Waals surface area contributed by atoms with Gasteiger partial charge in [0, 0.05) is 17.0 Å². The number of hydrogen-bond acceptors (Lipinski definition) is 5. The SMILES string of the molecule is O=c1nc2ccc3c(ccc4cccnnc43)c2c(=O)[nH]1. The molecule has 0 aliphatic carbocycles. The number of aromatic amines is 1. The van der Waals surface area contributed by atoms with Gasteiger partial charge in [-0.1, -0.05) is 18.2 Å². The van der Waals surface area contributed by atoms with E-state index < -0.39 is 11.2 Å². The third-order valence-electron chi connectivity index (χ3n) is 3.44. The van der Waals surface area contributed by atoms with Crippen molar-refractivity contribution in [2.75, 3.05) is 0 Å². The summed E-state index contributed by atoms with van der Waals surface area (Å²) in [6, 6.07) is 10.9. The molecule has 2 aromatic carbocycles. The molecule has 0 amide bonds. The Labute approximate surface area is 117 Å². The van der Waals surface area contributed by atoms with Crippen LogP contribution >= 0.6 is 0 Å². The molecule has 100 valence electrons. The smallest absolute Gasteiger partial charge is 0.272 e. The molecule has 6 nitrogen and oxygen atoms in total. The standard InChI is InChI=1S/C15H8N4O2/c20-14-12-9-4-3-8-2-1-7-16-19-13(8)10(9)5-6-11(12)17-15(21)18-14/h1-7H,(H,18,20,21). The van der Waals surface area contributed by atoms with Crippen LogP contribution in [0.25, 0.3) is 32.6 Å². The number of benzene rings is 2. The van der Waals surface area contributed by atoms with Gasteiger partial charge in [-0.25, -0.2) is 4.79 Å². The predicted octanol–water partition coefficient (Wildman–Crippen LogP) is 1.38. The fraction of sp³-hybridized carbons (Fsp3) is 0. The molecule has 0 atom stereocenters. The van der Waals surface area contributed by atoms with Gasteiger partial charge >= 0.3 is 5.69 Å². The second-order valence-corrected chi connectivity index (χ2v) is 4.65. The minimum absolute atomic E-state index is 0.379. The molecule has 4 aromatic rings. The van der Waals surface area contributed by atoms with Crippen LogP contribution < -0.4 is 11.2 Å². The first-order chi connectivity index (χ1) is 10.2. The number of aromatic nitrogens is 4. The van der Waals surface area contributed by atoms with E-state index in [9.17, 15) is 9.59 Å². The Bertz CT molecular complexity index is 1140. The fourth-order valence-corrected chi connectivity index (χ4v) is 2.55. The lowest BCUT2D eigenvalue weighted by atomic mass is 10.0. The number of fused-ring (bicyclic) bond motifs is 5. The van der Waals surface area contributed by atoms with Crippen LogP contribution in [-0.4, -0.2) is 20.2 Å². The van der Waals surface area contributed by atoms with E-state index in [-0.39, 0.29) is 0 Å². The van der Waals surface area contributed by atoms with Crippen molar-refractivity contribution in [1.82, 2.24) is 20.2 Å². The Morgan fingerprint density at radius 1 is 0.952 bits per heavy atom. The molecule has 6 heteroatoms. The molecule has 0 saturated heterocycles. The Balaban J connectivity index is 2.34. The highest BCUT2D eigenvalue weighted by Crippen LogP contribution is 2.26. The van der Waals surface area contributed by atoms with E-state index in [1.54, 1.807) is 24.4 Å². The van der Waals surface area contributed by atoms with Crippen LogP contribution in [0.3, 0.4) is 0 Å². The predicted molar refractivity (Wildman–Crippen MR) is 79.2 cm³/mol. The van der Waals surface area contributed by atoms with E-state index in [2.05, 4.69) is 20.2 Å². The largest absolute Gasteiger partial charge is 0.348 e. The van der Waals surface area contributed by atoms with Crippen molar-refractivity contribution >= 4 is 32.6 Å². The van der Waals surface area contributed by atoms with E-state index in [4.69, 9.17) is 0 Å². The van der Waals surface area contributed by atoms with E-state index in [0.717, 1.165) is 10.8 Å². The minimum Gasteiger partial charge on any atom is -0.272 e. The first-order valence-corrected chi connectivity index (χ1v) is 6.31. The highest BCUT2D eigenvalue weighted by Gasteiger charge is 2.09. The molecule has 2 aromatic heterocycles. The first kappa shape index (κ1) is 11.7. The number of nitrogens with zero attached hydrogens (tertiary/aromatic N) is 3. The van der Waals surface area contributed by atoms with Gasteiger partial charge in [0.05, 0.1) is 10.9 Å². The maximum Gasteiger partial charge on any atom is 0.348 e. The molecule has 21 heavy (non-hydrogen) atoms. The van der Waals surface area contributed by atoms with Crippen molar-refractivity contribution in [2.45, 2.75) is 0 Å². The average Bonchev–Trinajstić information content (AvgIpc) is 2.71. The van der Waals surface area contributed by atoms with Crippen LogP contribution in [0.2, 0.25) is 0 Å². The van der Waals surface area contributed by atoms with E-state index in [1.807, 2.05) is 18.2 Å². The van der Waals surface area contributed by atoms with Gasteiger partial charge < -0.3 is 0 Å². The van der Waals surface area contributed by atoms with Crippen molar-refractivity contribution in [1.29, 1.82) is 0 Å². The number of H-pyrrole nitrogens is 1. The zero-order valence-corrected chi connectivity index (χ0v) is 10.7. The van der Waals surface area contributed by atoms with Gasteiger partial charge in [0.2, 0.25) is 0 Å². The van der Waals surface area contributed by atoms with Crippen LogP contribution in [0.15, 0.2) is 52.2 Å². The van der Waals surface area contributed by atoms with E-state index in [1.165, 1.54) is 0 Å². The third kappa shape index (κ3) is 1.69. The van der Waals surface area contributed by atoms with Gasteiger partial charge in [0.15, 0.2) is 0 Å². The van der Waals surface area contributed by atoms with Crippen molar-refractivity contribution in [2.24, 2.45) is 0 Å². The van der Waals surface area contributed by atoms with Gasteiger partial charge in [0.25, 0.3) is 5.56 Å². The quantitative estimate of drug-likeness (QED) is 0.490. The molecule has 0 saturated carbocycles. The zero-order valence-electron chi connectivity index (χ0n) is 10.7. The number of nitrogens with one attached hydrogen (secondary N) is 1. The summed E-state index contributed by atoms with van der Waals surface area (Å²) in [6.45, 7) is 0. The highest BCUT2D eigenvalue weighted by atomic mass is 16.2. The highest BCUT2D eigenvalue weighted by molar-refractivity contribution is 6.14. The molecule has 0 fully saturated rings.